The van der Waals surface area contributed by atoms with E-state index in [1.54, 1.807) is 11.8 Å². The number of hydrogen-bond acceptors (Lipinski definition) is 6. The van der Waals surface area contributed by atoms with Gasteiger partial charge in [0.2, 0.25) is 5.91 Å². The van der Waals surface area contributed by atoms with E-state index in [9.17, 15) is 4.79 Å². The number of nitrogens with zero attached hydrogens (tertiary/aromatic N) is 4. The van der Waals surface area contributed by atoms with Crippen molar-refractivity contribution in [1.82, 2.24) is 19.7 Å². The van der Waals surface area contributed by atoms with Gasteiger partial charge in [-0.15, -0.1) is 21.5 Å². The van der Waals surface area contributed by atoms with E-state index in [0.29, 0.717) is 5.75 Å². The minimum atomic E-state index is -0.0631. The summed E-state index contributed by atoms with van der Waals surface area (Å²) in [5.41, 5.74) is 3.93. The summed E-state index contributed by atoms with van der Waals surface area (Å²) in [5, 5.41) is 15.1. The molecular weight excluding hydrogens is 414 g/mol. The third-order valence-corrected chi connectivity index (χ3v) is 6.27. The Morgan fingerprint density at radius 1 is 1.07 bits per heavy atom. The number of hydrogen-bond donors (Lipinski definition) is 1. The fourth-order valence-corrected chi connectivity index (χ4v) is 4.71. The van der Waals surface area contributed by atoms with Crippen LogP contribution < -0.4 is 5.32 Å². The van der Waals surface area contributed by atoms with E-state index >= 15 is 0 Å². The molecule has 0 saturated carbocycles. The average molecular weight is 436 g/mol. The normalized spacial score (nSPS) is 10.9. The molecule has 0 aliphatic heterocycles. The van der Waals surface area contributed by atoms with Crippen molar-refractivity contribution in [3.8, 4) is 5.69 Å². The summed E-state index contributed by atoms with van der Waals surface area (Å²) in [4.78, 5) is 16.9. The summed E-state index contributed by atoms with van der Waals surface area (Å²) in [5.74, 6) is 1.45. The second kappa shape index (κ2) is 9.23. The van der Waals surface area contributed by atoms with Gasteiger partial charge in [0.1, 0.15) is 10.8 Å². The van der Waals surface area contributed by atoms with Gasteiger partial charge in [-0.1, -0.05) is 47.7 Å². The van der Waals surface area contributed by atoms with Crippen LogP contribution in [0.15, 0.2) is 65.1 Å². The molecule has 2 aromatic heterocycles. The lowest BCUT2D eigenvalue weighted by Crippen LogP contribution is -2.14. The maximum Gasteiger partial charge on any atom is 0.231 e. The molecule has 1 N–H and O–H groups in total. The molecule has 4 aromatic rings. The molecular formula is C22H21N5OS2. The second-order valence-corrected chi connectivity index (χ2v) is 8.70. The van der Waals surface area contributed by atoms with Crippen molar-refractivity contribution in [2.24, 2.45) is 0 Å². The minimum Gasteiger partial charge on any atom is -0.326 e. The smallest absolute Gasteiger partial charge is 0.231 e. The molecule has 152 valence electrons. The SMILES string of the molecule is Cc1ccc(NC(=O)Cc2nc(CSc3nnc(C)n3-c3ccccc3)cs2)cc1. The number of aryl methyl sites for hydroxylation is 2. The quantitative estimate of drug-likeness (QED) is 0.422. The van der Waals surface area contributed by atoms with Gasteiger partial charge in [0, 0.05) is 22.5 Å². The van der Waals surface area contributed by atoms with E-state index in [0.717, 1.165) is 38.6 Å². The van der Waals surface area contributed by atoms with Gasteiger partial charge in [-0.2, -0.15) is 0 Å². The van der Waals surface area contributed by atoms with Gasteiger partial charge in [-0.05, 0) is 38.1 Å². The highest BCUT2D eigenvalue weighted by atomic mass is 32.2. The molecule has 6 nitrogen and oxygen atoms in total. The zero-order chi connectivity index (χ0) is 20.9. The largest absolute Gasteiger partial charge is 0.326 e. The van der Waals surface area contributed by atoms with Crippen LogP contribution in [0.5, 0.6) is 0 Å². The molecule has 0 saturated heterocycles. The lowest BCUT2D eigenvalue weighted by molar-refractivity contribution is -0.115. The van der Waals surface area contributed by atoms with Crippen molar-refractivity contribution in [2.45, 2.75) is 31.2 Å². The molecule has 0 spiro atoms. The third-order valence-electron chi connectivity index (χ3n) is 4.41. The molecule has 8 heteroatoms. The summed E-state index contributed by atoms with van der Waals surface area (Å²) in [6.07, 6.45) is 0.266. The standard InChI is InChI=1S/C22H21N5OS2/c1-15-8-10-17(11-9-15)23-20(28)12-21-24-18(13-29-21)14-30-22-26-25-16(2)27(22)19-6-4-3-5-7-19/h3-11,13H,12,14H2,1-2H3,(H,23,28). The van der Waals surface area contributed by atoms with E-state index in [1.807, 2.05) is 78.4 Å². The summed E-state index contributed by atoms with van der Waals surface area (Å²) < 4.78 is 2.03. The number of carbonyl (C=O) groups excluding carboxylic acids is 1. The number of anilines is 1. The topological polar surface area (TPSA) is 72.7 Å². The van der Waals surface area contributed by atoms with Crippen molar-refractivity contribution in [2.75, 3.05) is 5.32 Å². The average Bonchev–Trinajstić information content (AvgIpc) is 3.34. The van der Waals surface area contributed by atoms with Gasteiger partial charge >= 0.3 is 0 Å². The number of rotatable bonds is 7. The second-order valence-electron chi connectivity index (χ2n) is 6.81. The fraction of sp³-hybridized carbons (Fsp3) is 0.182. The van der Waals surface area contributed by atoms with Crippen LogP contribution in [0.3, 0.4) is 0 Å². The molecule has 0 radical (unpaired) electrons. The number of amides is 1. The highest BCUT2D eigenvalue weighted by Gasteiger charge is 2.13. The van der Waals surface area contributed by atoms with Crippen molar-refractivity contribution in [3.63, 3.8) is 0 Å². The van der Waals surface area contributed by atoms with Crippen LogP contribution in [0.1, 0.15) is 22.1 Å². The van der Waals surface area contributed by atoms with Gasteiger partial charge in [0.05, 0.1) is 12.1 Å². The third kappa shape index (κ3) is 4.95. The molecule has 0 aliphatic rings. The zero-order valence-corrected chi connectivity index (χ0v) is 18.3. The molecule has 0 atom stereocenters. The Labute approximate surface area is 183 Å². The van der Waals surface area contributed by atoms with Crippen LogP contribution in [-0.2, 0) is 17.0 Å². The Kier molecular flexibility index (Phi) is 6.25. The minimum absolute atomic E-state index is 0.0631. The van der Waals surface area contributed by atoms with Gasteiger partial charge in [-0.3, -0.25) is 9.36 Å². The van der Waals surface area contributed by atoms with Crippen LogP contribution in [0.4, 0.5) is 5.69 Å². The first-order valence-corrected chi connectivity index (χ1v) is 11.3. The Balaban J connectivity index is 1.36. The maximum atomic E-state index is 12.3. The van der Waals surface area contributed by atoms with Crippen LogP contribution in [0, 0.1) is 13.8 Å². The summed E-state index contributed by atoms with van der Waals surface area (Å²) >= 11 is 3.09. The first-order chi connectivity index (χ1) is 14.6. The number of thioether (sulfide) groups is 1. The van der Waals surface area contributed by atoms with E-state index < -0.39 is 0 Å². The van der Waals surface area contributed by atoms with Crippen molar-refractivity contribution < 1.29 is 4.79 Å². The van der Waals surface area contributed by atoms with E-state index in [4.69, 9.17) is 0 Å². The van der Waals surface area contributed by atoms with Gasteiger partial charge < -0.3 is 5.32 Å². The Hall–Kier alpha value is -2.97. The molecule has 0 bridgehead atoms. The lowest BCUT2D eigenvalue weighted by atomic mass is 10.2. The van der Waals surface area contributed by atoms with E-state index in [1.165, 1.54) is 11.3 Å². The highest BCUT2D eigenvalue weighted by molar-refractivity contribution is 7.98. The van der Waals surface area contributed by atoms with Crippen LogP contribution >= 0.6 is 23.1 Å². The molecule has 2 aromatic carbocycles. The van der Waals surface area contributed by atoms with Gasteiger partial charge in [-0.25, -0.2) is 4.98 Å². The van der Waals surface area contributed by atoms with E-state index in [-0.39, 0.29) is 12.3 Å². The number of nitrogens with one attached hydrogen (secondary N) is 1. The van der Waals surface area contributed by atoms with Crippen molar-refractivity contribution in [1.29, 1.82) is 0 Å². The molecule has 0 aliphatic carbocycles. The van der Waals surface area contributed by atoms with Crippen LogP contribution in [0.2, 0.25) is 0 Å². The molecule has 2 heterocycles. The summed E-state index contributed by atoms with van der Waals surface area (Å²) in [6, 6.07) is 17.8. The number of carbonyl (C=O) groups is 1. The van der Waals surface area contributed by atoms with Crippen LogP contribution in [-0.4, -0.2) is 25.7 Å². The maximum absolute atomic E-state index is 12.3. The number of aromatic nitrogens is 4. The highest BCUT2D eigenvalue weighted by Crippen LogP contribution is 2.25. The monoisotopic (exact) mass is 435 g/mol. The Morgan fingerprint density at radius 3 is 2.60 bits per heavy atom. The molecule has 30 heavy (non-hydrogen) atoms. The lowest BCUT2D eigenvalue weighted by Gasteiger charge is -2.07. The molecule has 0 unspecified atom stereocenters. The van der Waals surface area contributed by atoms with Gasteiger partial charge in [0.25, 0.3) is 0 Å². The predicted octanol–water partition coefficient (Wildman–Crippen LogP) is 4.81. The zero-order valence-electron chi connectivity index (χ0n) is 16.7. The Morgan fingerprint density at radius 2 is 1.83 bits per heavy atom. The molecule has 1 amide bonds. The molecule has 0 fully saturated rings. The first kappa shape index (κ1) is 20.3. The molecule has 4 rings (SSSR count). The number of para-hydroxylation sites is 1. The summed E-state index contributed by atoms with van der Waals surface area (Å²) in [7, 11) is 0. The van der Waals surface area contributed by atoms with Gasteiger partial charge in [0.15, 0.2) is 5.16 Å². The summed E-state index contributed by atoms with van der Waals surface area (Å²) in [6.45, 7) is 3.96. The number of benzene rings is 2. The first-order valence-electron chi connectivity index (χ1n) is 9.48. The van der Waals surface area contributed by atoms with Crippen LogP contribution in [0.25, 0.3) is 5.69 Å². The fourth-order valence-electron chi connectivity index (χ4n) is 2.93. The number of thiazole rings is 1. The Bertz CT molecular complexity index is 1140. The van der Waals surface area contributed by atoms with Crippen molar-refractivity contribution in [3.05, 3.63) is 82.1 Å². The predicted molar refractivity (Wildman–Crippen MR) is 121 cm³/mol. The van der Waals surface area contributed by atoms with E-state index in [2.05, 4.69) is 20.5 Å². The van der Waals surface area contributed by atoms with Crippen molar-refractivity contribution >= 4 is 34.7 Å².